The van der Waals surface area contributed by atoms with Crippen LogP contribution in [0.4, 0.5) is 0 Å². The van der Waals surface area contributed by atoms with Gasteiger partial charge in [-0.05, 0) is 23.1 Å². The fourth-order valence-electron chi connectivity index (χ4n) is 2.44. The topological polar surface area (TPSA) is 74.7 Å². The van der Waals surface area contributed by atoms with Gasteiger partial charge in [-0.2, -0.15) is 0 Å². The zero-order valence-corrected chi connectivity index (χ0v) is 11.7. The van der Waals surface area contributed by atoms with E-state index in [-0.39, 0.29) is 6.42 Å². The van der Waals surface area contributed by atoms with Crippen LogP contribution in [0.25, 0.3) is 0 Å². The molecule has 1 atom stereocenters. The van der Waals surface area contributed by atoms with Crippen LogP contribution in [0.2, 0.25) is 0 Å². The van der Waals surface area contributed by atoms with Gasteiger partial charge in [0.2, 0.25) is 5.91 Å². The molecule has 2 aromatic rings. The molecular formula is C15H11NO4S. The summed E-state index contributed by atoms with van der Waals surface area (Å²) in [5, 5.41) is 11.2. The Morgan fingerprint density at radius 1 is 1.19 bits per heavy atom. The normalized spacial score (nSPS) is 15.7. The highest BCUT2D eigenvalue weighted by molar-refractivity contribution is 7.10. The van der Waals surface area contributed by atoms with Crippen LogP contribution in [0.3, 0.4) is 0 Å². The highest BCUT2D eigenvalue weighted by Crippen LogP contribution is 2.31. The SMILES string of the molecule is O=C(O)C(c1cccs1)N1C(=O)Cc2ccccc2C1=O. The summed E-state index contributed by atoms with van der Waals surface area (Å²) in [4.78, 5) is 37.6. The first-order valence-electron chi connectivity index (χ1n) is 6.30. The van der Waals surface area contributed by atoms with Crippen LogP contribution in [-0.4, -0.2) is 27.8 Å². The third-order valence-corrected chi connectivity index (χ3v) is 4.31. The van der Waals surface area contributed by atoms with Gasteiger partial charge in [0.15, 0.2) is 6.04 Å². The van der Waals surface area contributed by atoms with E-state index in [1.54, 1.807) is 41.8 Å². The first kappa shape index (κ1) is 13.5. The van der Waals surface area contributed by atoms with Crippen molar-refractivity contribution in [1.29, 1.82) is 0 Å². The van der Waals surface area contributed by atoms with E-state index in [0.29, 0.717) is 16.0 Å². The molecule has 21 heavy (non-hydrogen) atoms. The summed E-state index contributed by atoms with van der Waals surface area (Å²) in [6.45, 7) is 0. The molecule has 1 aromatic carbocycles. The zero-order valence-electron chi connectivity index (χ0n) is 10.9. The summed E-state index contributed by atoms with van der Waals surface area (Å²) in [6.07, 6.45) is 0.0388. The second-order valence-electron chi connectivity index (χ2n) is 4.66. The molecule has 0 saturated carbocycles. The molecular weight excluding hydrogens is 290 g/mol. The molecule has 0 aliphatic carbocycles. The summed E-state index contributed by atoms with van der Waals surface area (Å²) in [5.41, 5.74) is 1.03. The minimum atomic E-state index is -1.27. The number of carboxylic acids is 1. The van der Waals surface area contributed by atoms with Gasteiger partial charge in [-0.3, -0.25) is 14.5 Å². The van der Waals surface area contributed by atoms with Crippen molar-refractivity contribution in [3.63, 3.8) is 0 Å². The van der Waals surface area contributed by atoms with Gasteiger partial charge in [0.1, 0.15) is 0 Å². The largest absolute Gasteiger partial charge is 0.479 e. The number of fused-ring (bicyclic) bond motifs is 1. The van der Waals surface area contributed by atoms with Crippen molar-refractivity contribution >= 4 is 29.1 Å². The number of benzene rings is 1. The van der Waals surface area contributed by atoms with Gasteiger partial charge in [-0.25, -0.2) is 4.79 Å². The average Bonchev–Trinajstić information content (AvgIpc) is 2.96. The van der Waals surface area contributed by atoms with E-state index in [0.717, 1.165) is 4.90 Å². The van der Waals surface area contributed by atoms with E-state index >= 15 is 0 Å². The van der Waals surface area contributed by atoms with E-state index < -0.39 is 23.8 Å². The third-order valence-electron chi connectivity index (χ3n) is 3.38. The van der Waals surface area contributed by atoms with E-state index in [4.69, 9.17) is 0 Å². The molecule has 6 heteroatoms. The molecule has 1 unspecified atom stereocenters. The number of thiophene rings is 1. The number of carboxylic acid groups (broad SMARTS) is 1. The average molecular weight is 301 g/mol. The molecule has 1 N–H and O–H groups in total. The van der Waals surface area contributed by atoms with Crippen LogP contribution in [-0.2, 0) is 16.0 Å². The summed E-state index contributed by atoms with van der Waals surface area (Å²) < 4.78 is 0. The summed E-state index contributed by atoms with van der Waals surface area (Å²) in [6, 6.07) is 8.83. The van der Waals surface area contributed by atoms with E-state index in [9.17, 15) is 19.5 Å². The van der Waals surface area contributed by atoms with Crippen molar-refractivity contribution in [2.45, 2.75) is 12.5 Å². The third kappa shape index (κ3) is 2.23. The first-order chi connectivity index (χ1) is 10.1. The molecule has 0 fully saturated rings. The minimum absolute atomic E-state index is 0.0388. The van der Waals surface area contributed by atoms with Gasteiger partial charge < -0.3 is 5.11 Å². The van der Waals surface area contributed by atoms with Gasteiger partial charge >= 0.3 is 5.97 Å². The van der Waals surface area contributed by atoms with Crippen molar-refractivity contribution in [2.24, 2.45) is 0 Å². The number of hydrogen-bond donors (Lipinski definition) is 1. The number of aliphatic carboxylic acids is 1. The summed E-state index contributed by atoms with van der Waals surface area (Å²) in [5.74, 6) is -2.25. The predicted octanol–water partition coefficient (Wildman–Crippen LogP) is 2.10. The maximum absolute atomic E-state index is 12.5. The highest BCUT2D eigenvalue weighted by atomic mass is 32.1. The smallest absolute Gasteiger partial charge is 0.332 e. The second-order valence-corrected chi connectivity index (χ2v) is 5.64. The molecule has 3 rings (SSSR count). The van der Waals surface area contributed by atoms with Crippen molar-refractivity contribution in [2.75, 3.05) is 0 Å². The van der Waals surface area contributed by atoms with Crippen LogP contribution < -0.4 is 0 Å². The van der Waals surface area contributed by atoms with Gasteiger partial charge in [-0.1, -0.05) is 24.3 Å². The fraction of sp³-hybridized carbons (Fsp3) is 0.133. The maximum Gasteiger partial charge on any atom is 0.332 e. The Balaban J connectivity index is 2.07. The summed E-state index contributed by atoms with van der Waals surface area (Å²) >= 11 is 1.21. The molecule has 106 valence electrons. The Morgan fingerprint density at radius 3 is 2.62 bits per heavy atom. The van der Waals surface area contributed by atoms with Gasteiger partial charge in [-0.15, -0.1) is 11.3 Å². The lowest BCUT2D eigenvalue weighted by Gasteiger charge is -2.30. The Morgan fingerprint density at radius 2 is 1.95 bits per heavy atom. The lowest BCUT2D eigenvalue weighted by Crippen LogP contribution is -2.46. The van der Waals surface area contributed by atoms with Gasteiger partial charge in [0.25, 0.3) is 5.91 Å². The first-order valence-corrected chi connectivity index (χ1v) is 7.18. The fourth-order valence-corrected chi connectivity index (χ4v) is 3.25. The molecule has 0 bridgehead atoms. The second kappa shape index (κ2) is 5.14. The molecule has 2 amide bonds. The van der Waals surface area contributed by atoms with Crippen LogP contribution in [0.15, 0.2) is 41.8 Å². The zero-order chi connectivity index (χ0) is 15.0. The van der Waals surface area contributed by atoms with Crippen LogP contribution in [0, 0.1) is 0 Å². The van der Waals surface area contributed by atoms with Gasteiger partial charge in [0, 0.05) is 10.4 Å². The molecule has 2 heterocycles. The van der Waals surface area contributed by atoms with Crippen LogP contribution in [0.1, 0.15) is 26.8 Å². The Kier molecular flexibility index (Phi) is 3.31. The summed E-state index contributed by atoms with van der Waals surface area (Å²) in [7, 11) is 0. The quantitative estimate of drug-likeness (QED) is 0.881. The number of amides is 2. The van der Waals surface area contributed by atoms with Crippen LogP contribution in [0.5, 0.6) is 0 Å². The number of imide groups is 1. The number of rotatable bonds is 3. The molecule has 1 aromatic heterocycles. The molecule has 0 radical (unpaired) electrons. The van der Waals surface area contributed by atoms with E-state index in [1.165, 1.54) is 11.3 Å². The number of nitrogens with zero attached hydrogens (tertiary/aromatic N) is 1. The molecule has 0 saturated heterocycles. The Labute approximate surface area is 124 Å². The molecule has 5 nitrogen and oxygen atoms in total. The van der Waals surface area contributed by atoms with E-state index in [1.807, 2.05) is 0 Å². The number of carbonyl (C=O) groups is 3. The predicted molar refractivity (Wildman–Crippen MR) is 76.0 cm³/mol. The molecule has 0 spiro atoms. The number of hydrogen-bond acceptors (Lipinski definition) is 4. The lowest BCUT2D eigenvalue weighted by molar-refractivity contribution is -0.148. The van der Waals surface area contributed by atoms with Crippen molar-refractivity contribution in [3.05, 3.63) is 57.8 Å². The lowest BCUT2D eigenvalue weighted by atomic mass is 9.97. The van der Waals surface area contributed by atoms with E-state index in [2.05, 4.69) is 0 Å². The molecule has 1 aliphatic rings. The highest BCUT2D eigenvalue weighted by Gasteiger charge is 2.40. The number of carbonyl (C=O) groups excluding carboxylic acids is 2. The molecule has 1 aliphatic heterocycles. The Hall–Kier alpha value is -2.47. The minimum Gasteiger partial charge on any atom is -0.479 e. The van der Waals surface area contributed by atoms with Crippen molar-refractivity contribution < 1.29 is 19.5 Å². The standard InChI is InChI=1S/C15H11NO4S/c17-12-8-9-4-1-2-5-10(9)14(18)16(12)13(15(19)20)11-6-3-7-21-11/h1-7,13H,8H2,(H,19,20). The monoisotopic (exact) mass is 301 g/mol. The van der Waals surface area contributed by atoms with Crippen molar-refractivity contribution in [3.8, 4) is 0 Å². The Bertz CT molecular complexity index is 723. The van der Waals surface area contributed by atoms with Gasteiger partial charge in [0.05, 0.1) is 6.42 Å². The van der Waals surface area contributed by atoms with Crippen molar-refractivity contribution in [1.82, 2.24) is 4.90 Å². The van der Waals surface area contributed by atoms with Crippen LogP contribution >= 0.6 is 11.3 Å². The maximum atomic E-state index is 12.5.